The molecular weight excluding hydrogens is 248 g/mol. The van der Waals surface area contributed by atoms with Crippen LogP contribution in [0.5, 0.6) is 0 Å². The lowest BCUT2D eigenvalue weighted by molar-refractivity contribution is 0.0600. The molecule has 0 spiro atoms. The molecule has 0 amide bonds. The standard InChI is InChI=1S/C14H16O3S/c1-10-12(14(15)16-2)9-18-13(10)4-3-11-5-7-17-8-6-11/h9,11H,5-8H2,1-2H3. The summed E-state index contributed by atoms with van der Waals surface area (Å²) in [6.45, 7) is 3.52. The summed E-state index contributed by atoms with van der Waals surface area (Å²) in [6, 6.07) is 0. The fraction of sp³-hybridized carbons (Fsp3) is 0.500. The summed E-state index contributed by atoms with van der Waals surface area (Å²) < 4.78 is 10.0. The van der Waals surface area contributed by atoms with Gasteiger partial charge in [-0.05, 0) is 25.3 Å². The highest BCUT2D eigenvalue weighted by Gasteiger charge is 2.14. The normalized spacial score (nSPS) is 15.9. The molecule has 1 aromatic heterocycles. The lowest BCUT2D eigenvalue weighted by atomic mass is 10.0. The Kier molecular flexibility index (Phi) is 4.40. The summed E-state index contributed by atoms with van der Waals surface area (Å²) in [5.41, 5.74) is 1.55. The van der Waals surface area contributed by atoms with Crippen LogP contribution in [-0.2, 0) is 9.47 Å². The molecule has 1 saturated heterocycles. The van der Waals surface area contributed by atoms with Gasteiger partial charge in [0.15, 0.2) is 0 Å². The number of ether oxygens (including phenoxy) is 2. The Hall–Kier alpha value is -1.31. The van der Waals surface area contributed by atoms with Gasteiger partial charge in [0.05, 0.1) is 17.6 Å². The van der Waals surface area contributed by atoms with Crippen molar-refractivity contribution < 1.29 is 14.3 Å². The van der Waals surface area contributed by atoms with Gasteiger partial charge < -0.3 is 9.47 Å². The first kappa shape index (κ1) is 13.1. The Labute approximate surface area is 111 Å². The van der Waals surface area contributed by atoms with Gasteiger partial charge in [0.25, 0.3) is 0 Å². The van der Waals surface area contributed by atoms with Gasteiger partial charge in [0.2, 0.25) is 0 Å². The van der Waals surface area contributed by atoms with Crippen molar-refractivity contribution >= 4 is 17.3 Å². The van der Waals surface area contributed by atoms with Gasteiger partial charge in [0, 0.05) is 24.5 Å². The van der Waals surface area contributed by atoms with Crippen LogP contribution >= 0.6 is 11.3 Å². The molecule has 0 N–H and O–H groups in total. The predicted molar refractivity (Wildman–Crippen MR) is 70.8 cm³/mol. The topological polar surface area (TPSA) is 35.5 Å². The average molecular weight is 264 g/mol. The molecule has 0 radical (unpaired) electrons. The van der Waals surface area contributed by atoms with Crippen LogP contribution in [0.25, 0.3) is 0 Å². The van der Waals surface area contributed by atoms with E-state index in [9.17, 15) is 4.79 Å². The van der Waals surface area contributed by atoms with Crippen molar-refractivity contribution in [2.45, 2.75) is 19.8 Å². The third kappa shape index (κ3) is 2.92. The number of thiophene rings is 1. The smallest absolute Gasteiger partial charge is 0.339 e. The Morgan fingerprint density at radius 3 is 2.89 bits per heavy atom. The van der Waals surface area contributed by atoms with E-state index in [4.69, 9.17) is 9.47 Å². The molecule has 1 fully saturated rings. The molecule has 2 heterocycles. The molecule has 1 aliphatic heterocycles. The van der Waals surface area contributed by atoms with E-state index in [-0.39, 0.29) is 5.97 Å². The van der Waals surface area contributed by atoms with E-state index >= 15 is 0 Å². The maximum Gasteiger partial charge on any atom is 0.339 e. The quantitative estimate of drug-likeness (QED) is 0.578. The fourth-order valence-corrected chi connectivity index (χ4v) is 2.77. The van der Waals surface area contributed by atoms with Crippen LogP contribution in [-0.4, -0.2) is 26.3 Å². The summed E-state index contributed by atoms with van der Waals surface area (Å²) in [5, 5.41) is 1.81. The van der Waals surface area contributed by atoms with Crippen LogP contribution < -0.4 is 0 Å². The number of carbonyl (C=O) groups excluding carboxylic acids is 1. The minimum atomic E-state index is -0.289. The van der Waals surface area contributed by atoms with Gasteiger partial charge in [-0.3, -0.25) is 0 Å². The van der Waals surface area contributed by atoms with Gasteiger partial charge in [-0.15, -0.1) is 11.3 Å². The van der Waals surface area contributed by atoms with Crippen LogP contribution in [0, 0.1) is 24.7 Å². The molecule has 0 atom stereocenters. The van der Waals surface area contributed by atoms with E-state index in [0.717, 1.165) is 36.5 Å². The second kappa shape index (κ2) is 6.03. The molecule has 0 aromatic carbocycles. The number of esters is 1. The predicted octanol–water partition coefficient (Wildman–Crippen LogP) is 2.62. The highest BCUT2D eigenvalue weighted by Crippen LogP contribution is 2.22. The van der Waals surface area contributed by atoms with E-state index in [1.807, 2.05) is 12.3 Å². The number of carbonyl (C=O) groups is 1. The summed E-state index contributed by atoms with van der Waals surface area (Å²) >= 11 is 1.50. The fourth-order valence-electron chi connectivity index (χ4n) is 1.86. The van der Waals surface area contributed by atoms with Crippen LogP contribution in [0.4, 0.5) is 0 Å². The van der Waals surface area contributed by atoms with E-state index in [2.05, 4.69) is 11.8 Å². The van der Waals surface area contributed by atoms with Crippen molar-refractivity contribution in [2.75, 3.05) is 20.3 Å². The van der Waals surface area contributed by atoms with Gasteiger partial charge >= 0.3 is 5.97 Å². The van der Waals surface area contributed by atoms with E-state index in [1.165, 1.54) is 18.4 Å². The largest absolute Gasteiger partial charge is 0.465 e. The Morgan fingerprint density at radius 1 is 1.50 bits per heavy atom. The van der Waals surface area contributed by atoms with Gasteiger partial charge in [-0.2, -0.15) is 0 Å². The van der Waals surface area contributed by atoms with Gasteiger partial charge in [0.1, 0.15) is 0 Å². The molecule has 1 aromatic rings. The van der Waals surface area contributed by atoms with Crippen LogP contribution in [0.1, 0.15) is 33.6 Å². The number of hydrogen-bond donors (Lipinski definition) is 0. The van der Waals surface area contributed by atoms with Crippen molar-refractivity contribution in [2.24, 2.45) is 5.92 Å². The molecule has 1 aliphatic rings. The van der Waals surface area contributed by atoms with Gasteiger partial charge in [-0.25, -0.2) is 4.79 Å². The van der Waals surface area contributed by atoms with Crippen molar-refractivity contribution in [3.05, 3.63) is 21.4 Å². The zero-order valence-corrected chi connectivity index (χ0v) is 11.4. The molecule has 2 rings (SSSR count). The second-order valence-corrected chi connectivity index (χ2v) is 5.13. The molecule has 96 valence electrons. The monoisotopic (exact) mass is 264 g/mol. The zero-order chi connectivity index (χ0) is 13.0. The maximum atomic E-state index is 11.5. The highest BCUT2D eigenvalue weighted by atomic mass is 32.1. The molecule has 0 bridgehead atoms. The lowest BCUT2D eigenvalue weighted by Crippen LogP contribution is -2.13. The number of rotatable bonds is 1. The van der Waals surface area contributed by atoms with Crippen molar-refractivity contribution in [1.29, 1.82) is 0 Å². The number of methoxy groups -OCH3 is 1. The minimum Gasteiger partial charge on any atom is -0.465 e. The molecule has 0 aliphatic carbocycles. The van der Waals surface area contributed by atoms with Crippen molar-refractivity contribution in [3.8, 4) is 11.8 Å². The van der Waals surface area contributed by atoms with Crippen LogP contribution in [0.3, 0.4) is 0 Å². The summed E-state index contributed by atoms with van der Waals surface area (Å²) in [5.74, 6) is 6.59. The van der Waals surface area contributed by atoms with E-state index in [1.54, 1.807) is 0 Å². The number of hydrogen-bond acceptors (Lipinski definition) is 4. The molecule has 18 heavy (non-hydrogen) atoms. The van der Waals surface area contributed by atoms with E-state index < -0.39 is 0 Å². The lowest BCUT2D eigenvalue weighted by Gasteiger charge is -2.16. The molecule has 0 saturated carbocycles. The molecule has 0 unspecified atom stereocenters. The minimum absolute atomic E-state index is 0.289. The SMILES string of the molecule is COC(=O)c1csc(C#CC2CCOCC2)c1C. The first-order valence-electron chi connectivity index (χ1n) is 5.98. The Balaban J connectivity index is 2.12. The first-order chi connectivity index (χ1) is 8.72. The summed E-state index contributed by atoms with van der Waals surface area (Å²) in [7, 11) is 1.40. The van der Waals surface area contributed by atoms with Crippen LogP contribution in [0.15, 0.2) is 5.38 Å². The second-order valence-electron chi connectivity index (χ2n) is 4.25. The summed E-state index contributed by atoms with van der Waals surface area (Å²) in [6.07, 6.45) is 2.00. The third-order valence-corrected chi connectivity index (χ3v) is 4.05. The van der Waals surface area contributed by atoms with Gasteiger partial charge in [-0.1, -0.05) is 11.8 Å². The molecule has 4 heteroatoms. The Bertz CT molecular complexity index is 487. The van der Waals surface area contributed by atoms with Crippen molar-refractivity contribution in [3.63, 3.8) is 0 Å². The first-order valence-corrected chi connectivity index (χ1v) is 6.86. The van der Waals surface area contributed by atoms with Crippen molar-refractivity contribution in [1.82, 2.24) is 0 Å². The zero-order valence-electron chi connectivity index (χ0n) is 10.6. The highest BCUT2D eigenvalue weighted by molar-refractivity contribution is 7.11. The molecular formula is C14H16O3S. The summed E-state index contributed by atoms with van der Waals surface area (Å²) in [4.78, 5) is 12.4. The maximum absolute atomic E-state index is 11.5. The third-order valence-electron chi connectivity index (χ3n) is 3.06. The molecule has 3 nitrogen and oxygen atoms in total. The van der Waals surface area contributed by atoms with Crippen LogP contribution in [0.2, 0.25) is 0 Å². The van der Waals surface area contributed by atoms with E-state index in [0.29, 0.717) is 11.5 Å². The average Bonchev–Trinajstić information content (AvgIpc) is 2.78. The Morgan fingerprint density at radius 2 is 2.22 bits per heavy atom.